The van der Waals surface area contributed by atoms with E-state index in [1.54, 1.807) is 34.3 Å². The molecule has 3 amide bonds. The molecule has 0 aromatic heterocycles. The van der Waals surface area contributed by atoms with Gasteiger partial charge in [-0.1, -0.05) is 6.07 Å². The van der Waals surface area contributed by atoms with Gasteiger partial charge in [0.05, 0.1) is 27.4 Å². The average molecular weight is 351 g/mol. The van der Waals surface area contributed by atoms with Crippen molar-refractivity contribution in [2.24, 2.45) is 0 Å². The summed E-state index contributed by atoms with van der Waals surface area (Å²) in [4.78, 5) is 27.3. The molecule has 1 saturated heterocycles. The number of nitrogens with zero attached hydrogens (tertiary/aromatic N) is 2. The predicted octanol–water partition coefficient (Wildman–Crippen LogP) is 1.08. The normalized spacial score (nSPS) is 15.1. The molecule has 1 atom stereocenters. The van der Waals surface area contributed by atoms with E-state index in [0.29, 0.717) is 36.9 Å². The lowest BCUT2D eigenvalue weighted by Gasteiger charge is -2.27. The van der Waals surface area contributed by atoms with Crippen molar-refractivity contribution in [1.29, 1.82) is 0 Å². The number of hydrogen-bond donors (Lipinski definition) is 1. The molecule has 0 spiro atoms. The molecule has 1 aliphatic heterocycles. The Morgan fingerprint density at radius 1 is 1.24 bits per heavy atom. The van der Waals surface area contributed by atoms with Crippen molar-refractivity contribution >= 4 is 11.9 Å². The zero-order valence-corrected chi connectivity index (χ0v) is 15.3. The molecule has 1 aromatic carbocycles. The third-order valence-corrected chi connectivity index (χ3v) is 4.35. The summed E-state index contributed by atoms with van der Waals surface area (Å²) in [6.07, 6.45) is 0. The lowest BCUT2D eigenvalue weighted by atomic mass is 10.1. The van der Waals surface area contributed by atoms with Crippen LogP contribution in [-0.2, 0) is 11.3 Å². The summed E-state index contributed by atoms with van der Waals surface area (Å²) in [6, 6.07) is 2.87. The van der Waals surface area contributed by atoms with Crippen molar-refractivity contribution in [3.8, 4) is 17.2 Å². The van der Waals surface area contributed by atoms with Crippen LogP contribution in [0.15, 0.2) is 12.1 Å². The van der Waals surface area contributed by atoms with Crippen LogP contribution in [0.5, 0.6) is 17.2 Å². The molecule has 0 aliphatic carbocycles. The first kappa shape index (κ1) is 18.9. The molecule has 2 rings (SSSR count). The SMILES string of the molecule is COc1ccc(CN(C)[C@@H](C)C(=O)N2CCNC2=O)c(OC)c1OC. The second kappa shape index (κ2) is 8.06. The summed E-state index contributed by atoms with van der Waals surface area (Å²) in [6.45, 7) is 3.12. The number of imide groups is 1. The highest BCUT2D eigenvalue weighted by Crippen LogP contribution is 2.40. The number of likely N-dealkylation sites (N-methyl/N-ethyl adjacent to an activating group) is 1. The molecule has 0 saturated carbocycles. The van der Waals surface area contributed by atoms with Crippen LogP contribution in [0.25, 0.3) is 0 Å². The van der Waals surface area contributed by atoms with E-state index >= 15 is 0 Å². The van der Waals surface area contributed by atoms with E-state index in [-0.39, 0.29) is 11.9 Å². The molecule has 1 aromatic rings. The van der Waals surface area contributed by atoms with Gasteiger partial charge < -0.3 is 19.5 Å². The fourth-order valence-corrected chi connectivity index (χ4v) is 2.79. The Morgan fingerprint density at radius 2 is 1.92 bits per heavy atom. The van der Waals surface area contributed by atoms with Crippen molar-refractivity contribution in [1.82, 2.24) is 15.1 Å². The molecule has 25 heavy (non-hydrogen) atoms. The molecule has 1 aliphatic rings. The summed E-state index contributed by atoms with van der Waals surface area (Å²) in [7, 11) is 6.49. The predicted molar refractivity (Wildman–Crippen MR) is 92.1 cm³/mol. The van der Waals surface area contributed by atoms with Crippen LogP contribution in [0.3, 0.4) is 0 Å². The van der Waals surface area contributed by atoms with Crippen LogP contribution >= 0.6 is 0 Å². The van der Waals surface area contributed by atoms with Gasteiger partial charge in [0.15, 0.2) is 11.5 Å². The van der Waals surface area contributed by atoms with Crippen LogP contribution in [0.2, 0.25) is 0 Å². The first-order valence-electron chi connectivity index (χ1n) is 8.01. The number of ether oxygens (including phenoxy) is 3. The Kier molecular flexibility index (Phi) is 6.08. The molecular weight excluding hydrogens is 326 g/mol. The summed E-state index contributed by atoms with van der Waals surface area (Å²) in [5, 5.41) is 2.64. The number of hydrogen-bond acceptors (Lipinski definition) is 6. The molecule has 8 nitrogen and oxygen atoms in total. The van der Waals surface area contributed by atoms with Crippen molar-refractivity contribution in [2.75, 3.05) is 41.5 Å². The maximum absolute atomic E-state index is 12.5. The average Bonchev–Trinajstić information content (AvgIpc) is 3.05. The fourth-order valence-electron chi connectivity index (χ4n) is 2.79. The highest BCUT2D eigenvalue weighted by molar-refractivity contribution is 5.98. The van der Waals surface area contributed by atoms with Crippen LogP contribution < -0.4 is 19.5 Å². The zero-order valence-electron chi connectivity index (χ0n) is 15.3. The van der Waals surface area contributed by atoms with Crippen LogP contribution in [0.4, 0.5) is 4.79 Å². The summed E-state index contributed by atoms with van der Waals surface area (Å²) >= 11 is 0. The van der Waals surface area contributed by atoms with Gasteiger partial charge in [0.2, 0.25) is 11.7 Å². The van der Waals surface area contributed by atoms with Gasteiger partial charge in [-0.3, -0.25) is 14.6 Å². The minimum absolute atomic E-state index is 0.225. The summed E-state index contributed by atoms with van der Waals surface area (Å²) < 4.78 is 16.1. The molecule has 1 heterocycles. The van der Waals surface area contributed by atoms with E-state index in [0.717, 1.165) is 5.56 Å². The van der Waals surface area contributed by atoms with E-state index in [2.05, 4.69) is 5.32 Å². The fraction of sp³-hybridized carbons (Fsp3) is 0.529. The molecule has 1 fully saturated rings. The molecule has 0 unspecified atom stereocenters. The quantitative estimate of drug-likeness (QED) is 0.792. The van der Waals surface area contributed by atoms with Crippen molar-refractivity contribution in [3.05, 3.63) is 17.7 Å². The van der Waals surface area contributed by atoms with Crippen molar-refractivity contribution in [2.45, 2.75) is 19.5 Å². The summed E-state index contributed by atoms with van der Waals surface area (Å²) in [5.74, 6) is 1.42. The number of nitrogens with one attached hydrogen (secondary N) is 1. The number of benzene rings is 1. The Balaban J connectivity index is 2.18. The maximum Gasteiger partial charge on any atom is 0.324 e. The number of methoxy groups -OCH3 is 3. The number of carbonyl (C=O) groups is 2. The largest absolute Gasteiger partial charge is 0.493 e. The second-order valence-electron chi connectivity index (χ2n) is 5.81. The third-order valence-electron chi connectivity index (χ3n) is 4.35. The molecule has 138 valence electrons. The Bertz CT molecular complexity index is 649. The molecular formula is C17H25N3O5. The molecule has 8 heteroatoms. The van der Waals surface area contributed by atoms with Gasteiger partial charge in [-0.15, -0.1) is 0 Å². The van der Waals surface area contributed by atoms with Gasteiger partial charge in [0, 0.05) is 25.2 Å². The standard InChI is InChI=1S/C17H25N3O5/c1-11(16(21)20-9-8-18-17(20)22)19(2)10-12-6-7-13(23-3)15(25-5)14(12)24-4/h6-7,11H,8-10H2,1-5H3,(H,18,22)/t11-/m0/s1. The maximum atomic E-state index is 12.5. The molecule has 0 bridgehead atoms. The Labute approximate surface area is 147 Å². The van der Waals surface area contributed by atoms with Gasteiger partial charge >= 0.3 is 6.03 Å². The summed E-state index contributed by atoms with van der Waals surface area (Å²) in [5.41, 5.74) is 0.855. The number of carbonyl (C=O) groups excluding carboxylic acids is 2. The van der Waals surface area contributed by atoms with Gasteiger partial charge in [-0.25, -0.2) is 4.79 Å². The topological polar surface area (TPSA) is 80.3 Å². The van der Waals surface area contributed by atoms with E-state index in [4.69, 9.17) is 14.2 Å². The van der Waals surface area contributed by atoms with Gasteiger partial charge in [0.1, 0.15) is 0 Å². The van der Waals surface area contributed by atoms with E-state index in [1.165, 1.54) is 4.90 Å². The molecule has 0 radical (unpaired) electrons. The van der Waals surface area contributed by atoms with Gasteiger partial charge in [-0.05, 0) is 20.0 Å². The monoisotopic (exact) mass is 351 g/mol. The van der Waals surface area contributed by atoms with E-state index in [1.807, 2.05) is 18.0 Å². The highest BCUT2D eigenvalue weighted by atomic mass is 16.5. The van der Waals surface area contributed by atoms with Gasteiger partial charge in [0.25, 0.3) is 0 Å². The zero-order chi connectivity index (χ0) is 18.6. The number of amides is 3. The molecule has 1 N–H and O–H groups in total. The van der Waals surface area contributed by atoms with E-state index in [9.17, 15) is 9.59 Å². The first-order valence-corrected chi connectivity index (χ1v) is 8.01. The first-order chi connectivity index (χ1) is 11.9. The van der Waals surface area contributed by atoms with Crippen molar-refractivity contribution < 1.29 is 23.8 Å². The Morgan fingerprint density at radius 3 is 2.44 bits per heavy atom. The van der Waals surface area contributed by atoms with E-state index < -0.39 is 6.04 Å². The second-order valence-corrected chi connectivity index (χ2v) is 5.81. The minimum Gasteiger partial charge on any atom is -0.493 e. The lowest BCUT2D eigenvalue weighted by molar-refractivity contribution is -0.132. The van der Waals surface area contributed by atoms with Crippen LogP contribution in [0.1, 0.15) is 12.5 Å². The number of urea groups is 1. The van der Waals surface area contributed by atoms with Crippen LogP contribution in [0, 0.1) is 0 Å². The van der Waals surface area contributed by atoms with Crippen molar-refractivity contribution in [3.63, 3.8) is 0 Å². The van der Waals surface area contributed by atoms with Gasteiger partial charge in [-0.2, -0.15) is 0 Å². The smallest absolute Gasteiger partial charge is 0.324 e. The van der Waals surface area contributed by atoms with Crippen LogP contribution in [-0.4, -0.2) is 69.2 Å². The minimum atomic E-state index is -0.457. The lowest BCUT2D eigenvalue weighted by Crippen LogP contribution is -2.46. The highest BCUT2D eigenvalue weighted by Gasteiger charge is 2.31. The third kappa shape index (κ3) is 3.79. The number of rotatable bonds is 7. The Hall–Kier alpha value is -2.48.